The Bertz CT molecular complexity index is 1290. The topological polar surface area (TPSA) is 108 Å². The van der Waals surface area contributed by atoms with Crippen molar-refractivity contribution in [1.29, 1.82) is 0 Å². The van der Waals surface area contributed by atoms with Crippen molar-refractivity contribution >= 4 is 11.9 Å². The number of hydrogen-bond donors (Lipinski definition) is 4. The largest absolute Gasteiger partial charge is 0.416 e. The third-order valence-corrected chi connectivity index (χ3v) is 5.94. The lowest BCUT2D eigenvalue weighted by Gasteiger charge is -2.31. The summed E-state index contributed by atoms with van der Waals surface area (Å²) in [5.74, 6) is -0.763. The SMILES string of the molecule is Cn1nccc1C1(CNC(=O)c2ccc(C(F)F)cc2-c2ccc(C(F)(F)F)cc2)NC(=O)NC1O. The van der Waals surface area contributed by atoms with Crippen molar-refractivity contribution in [1.82, 2.24) is 25.7 Å². The van der Waals surface area contributed by atoms with Crippen molar-refractivity contribution < 1.29 is 36.6 Å². The van der Waals surface area contributed by atoms with E-state index in [0.29, 0.717) is 5.69 Å². The highest BCUT2D eigenvalue weighted by atomic mass is 19.4. The minimum atomic E-state index is -4.59. The van der Waals surface area contributed by atoms with Crippen molar-refractivity contribution in [3.8, 4) is 11.1 Å². The highest BCUT2D eigenvalue weighted by Gasteiger charge is 2.49. The normalized spacial score (nSPS) is 19.8. The van der Waals surface area contributed by atoms with Crippen molar-refractivity contribution in [2.24, 2.45) is 7.05 Å². The second-order valence-corrected chi connectivity index (χ2v) is 8.18. The summed E-state index contributed by atoms with van der Waals surface area (Å²) < 4.78 is 67.0. The standard InChI is InChI=1S/C23H20F5N5O3/c1-33-17(8-9-30-33)22(20(35)31-21(36)32-22)11-29-19(34)15-7-4-13(18(24)25)10-16(15)12-2-5-14(6-3-12)23(26,27)28/h2-10,18,20,35H,11H2,1H3,(H,29,34)(H2,31,32,36). The summed E-state index contributed by atoms with van der Waals surface area (Å²) in [7, 11) is 1.57. The Labute approximate surface area is 201 Å². The van der Waals surface area contributed by atoms with Gasteiger partial charge >= 0.3 is 12.2 Å². The van der Waals surface area contributed by atoms with Crippen molar-refractivity contribution in [3.05, 3.63) is 77.1 Å². The summed E-state index contributed by atoms with van der Waals surface area (Å²) in [6.07, 6.45) is -7.48. The highest BCUT2D eigenvalue weighted by molar-refractivity contribution is 6.01. The molecular weight excluding hydrogens is 489 g/mol. The van der Waals surface area contributed by atoms with E-state index in [1.165, 1.54) is 16.9 Å². The Morgan fingerprint density at radius 3 is 2.42 bits per heavy atom. The monoisotopic (exact) mass is 509 g/mol. The molecule has 0 bridgehead atoms. The molecule has 13 heteroatoms. The molecule has 1 aliphatic heterocycles. The van der Waals surface area contributed by atoms with Crippen LogP contribution in [0.1, 0.15) is 33.6 Å². The average Bonchev–Trinajstić information content (AvgIpc) is 3.38. The maximum Gasteiger partial charge on any atom is 0.416 e. The molecule has 2 heterocycles. The Balaban J connectivity index is 1.68. The molecule has 0 aliphatic carbocycles. The number of alkyl halides is 5. The summed E-state index contributed by atoms with van der Waals surface area (Å²) >= 11 is 0. The molecule has 1 aliphatic rings. The quantitative estimate of drug-likeness (QED) is 0.383. The van der Waals surface area contributed by atoms with E-state index in [4.69, 9.17) is 0 Å². The minimum Gasteiger partial charge on any atom is -0.371 e. The number of carbonyl (C=O) groups excluding carboxylic acids is 2. The first-order chi connectivity index (χ1) is 16.9. The van der Waals surface area contributed by atoms with Crippen LogP contribution in [0.25, 0.3) is 11.1 Å². The van der Waals surface area contributed by atoms with E-state index in [1.54, 1.807) is 7.05 Å². The molecule has 190 valence electrons. The van der Waals surface area contributed by atoms with E-state index in [9.17, 15) is 36.6 Å². The molecule has 36 heavy (non-hydrogen) atoms. The molecule has 0 radical (unpaired) electrons. The molecule has 2 unspecified atom stereocenters. The smallest absolute Gasteiger partial charge is 0.371 e. The van der Waals surface area contributed by atoms with Crippen molar-refractivity contribution in [2.45, 2.75) is 24.4 Å². The lowest BCUT2D eigenvalue weighted by atomic mass is 9.92. The highest BCUT2D eigenvalue weighted by Crippen LogP contribution is 2.34. The number of hydrogen-bond acceptors (Lipinski definition) is 4. The number of benzene rings is 2. The van der Waals surface area contributed by atoms with Crippen LogP contribution in [-0.2, 0) is 18.8 Å². The molecule has 4 N–H and O–H groups in total. The van der Waals surface area contributed by atoms with Gasteiger partial charge in [0.05, 0.1) is 17.8 Å². The Kier molecular flexibility index (Phi) is 6.43. The van der Waals surface area contributed by atoms with Gasteiger partial charge in [0.2, 0.25) is 0 Å². The number of aliphatic hydroxyl groups is 1. The van der Waals surface area contributed by atoms with E-state index >= 15 is 0 Å². The lowest BCUT2D eigenvalue weighted by Crippen LogP contribution is -2.55. The number of carbonyl (C=O) groups is 2. The molecule has 3 amide bonds. The Hall–Kier alpha value is -4.00. The van der Waals surface area contributed by atoms with Crippen LogP contribution in [0.4, 0.5) is 26.7 Å². The molecular formula is C23H20F5N5O3. The fourth-order valence-electron chi connectivity index (χ4n) is 4.09. The number of aliphatic hydroxyl groups excluding tert-OH is 1. The fourth-order valence-corrected chi connectivity index (χ4v) is 4.09. The van der Waals surface area contributed by atoms with Crippen LogP contribution in [0.2, 0.25) is 0 Å². The number of halogens is 5. The lowest BCUT2D eigenvalue weighted by molar-refractivity contribution is -0.137. The van der Waals surface area contributed by atoms with Gasteiger partial charge in [0.15, 0.2) is 6.23 Å². The zero-order valence-electron chi connectivity index (χ0n) is 18.6. The van der Waals surface area contributed by atoms with Gasteiger partial charge in [0, 0.05) is 24.4 Å². The van der Waals surface area contributed by atoms with Crippen molar-refractivity contribution in [3.63, 3.8) is 0 Å². The first-order valence-electron chi connectivity index (χ1n) is 10.6. The number of aromatic nitrogens is 2. The van der Waals surface area contributed by atoms with Crippen LogP contribution in [0, 0.1) is 0 Å². The first-order valence-corrected chi connectivity index (χ1v) is 10.6. The number of nitrogens with one attached hydrogen (secondary N) is 3. The predicted octanol–water partition coefficient (Wildman–Crippen LogP) is 3.30. The van der Waals surface area contributed by atoms with E-state index in [1.807, 2.05) is 0 Å². The third kappa shape index (κ3) is 4.61. The van der Waals surface area contributed by atoms with Gasteiger partial charge in [0.1, 0.15) is 5.54 Å². The van der Waals surface area contributed by atoms with E-state index in [0.717, 1.165) is 42.5 Å². The molecule has 8 nitrogen and oxygen atoms in total. The fraction of sp³-hybridized carbons (Fsp3) is 0.261. The van der Waals surface area contributed by atoms with Gasteiger partial charge in [-0.1, -0.05) is 18.2 Å². The summed E-state index contributed by atoms with van der Waals surface area (Å²) in [6.45, 7) is -0.325. The van der Waals surface area contributed by atoms with Crippen LogP contribution in [-0.4, -0.2) is 39.6 Å². The molecule has 1 saturated heterocycles. The molecule has 0 spiro atoms. The van der Waals surface area contributed by atoms with Gasteiger partial charge in [-0.3, -0.25) is 9.48 Å². The van der Waals surface area contributed by atoms with Crippen LogP contribution < -0.4 is 16.0 Å². The van der Waals surface area contributed by atoms with Crippen LogP contribution >= 0.6 is 0 Å². The second-order valence-electron chi connectivity index (χ2n) is 8.18. The second kappa shape index (κ2) is 9.22. The summed E-state index contributed by atoms with van der Waals surface area (Å²) in [4.78, 5) is 25.1. The van der Waals surface area contributed by atoms with Crippen LogP contribution in [0.5, 0.6) is 0 Å². The van der Waals surface area contributed by atoms with Gasteiger partial charge in [-0.15, -0.1) is 0 Å². The predicted molar refractivity (Wildman–Crippen MR) is 117 cm³/mol. The number of urea groups is 1. The number of rotatable bonds is 6. The Morgan fingerprint density at radius 1 is 1.19 bits per heavy atom. The zero-order chi connectivity index (χ0) is 26.3. The molecule has 1 fully saturated rings. The summed E-state index contributed by atoms with van der Waals surface area (Å²) in [6, 6.07) is 7.82. The number of aryl methyl sites for hydroxylation is 1. The maximum atomic E-state index is 13.4. The van der Waals surface area contributed by atoms with E-state index in [2.05, 4.69) is 21.0 Å². The van der Waals surface area contributed by atoms with Gasteiger partial charge in [-0.05, 0) is 41.5 Å². The zero-order valence-corrected chi connectivity index (χ0v) is 18.6. The van der Waals surface area contributed by atoms with Gasteiger partial charge < -0.3 is 21.1 Å². The van der Waals surface area contributed by atoms with E-state index < -0.39 is 47.4 Å². The van der Waals surface area contributed by atoms with Crippen LogP contribution in [0.3, 0.4) is 0 Å². The van der Waals surface area contributed by atoms with Crippen molar-refractivity contribution in [2.75, 3.05) is 6.54 Å². The van der Waals surface area contributed by atoms with E-state index in [-0.39, 0.29) is 23.2 Å². The molecule has 2 aromatic carbocycles. The average molecular weight is 509 g/mol. The first kappa shape index (κ1) is 25.1. The number of amides is 3. The molecule has 4 rings (SSSR count). The maximum absolute atomic E-state index is 13.4. The number of nitrogens with zero attached hydrogens (tertiary/aromatic N) is 2. The third-order valence-electron chi connectivity index (χ3n) is 5.94. The molecule has 2 atom stereocenters. The minimum absolute atomic E-state index is 0.0114. The summed E-state index contributed by atoms with van der Waals surface area (Å²) in [5, 5.41) is 22.0. The van der Waals surface area contributed by atoms with Gasteiger partial charge in [0.25, 0.3) is 12.3 Å². The molecule has 0 saturated carbocycles. The van der Waals surface area contributed by atoms with Crippen LogP contribution in [0.15, 0.2) is 54.7 Å². The van der Waals surface area contributed by atoms with Gasteiger partial charge in [-0.2, -0.15) is 18.3 Å². The van der Waals surface area contributed by atoms with Gasteiger partial charge in [-0.25, -0.2) is 13.6 Å². The summed E-state index contributed by atoms with van der Waals surface area (Å²) in [5.41, 5.74) is -2.48. The molecule has 3 aromatic rings. The molecule has 1 aromatic heterocycles. The Morgan fingerprint density at radius 2 is 1.89 bits per heavy atom.